The van der Waals surface area contributed by atoms with Gasteiger partial charge in [0, 0.05) is 54.7 Å². The summed E-state index contributed by atoms with van der Waals surface area (Å²) in [5, 5.41) is 0. The van der Waals surface area contributed by atoms with Crippen LogP contribution >= 0.6 is 23.1 Å². The van der Waals surface area contributed by atoms with Gasteiger partial charge in [-0.15, -0.1) is 11.3 Å². The summed E-state index contributed by atoms with van der Waals surface area (Å²) in [7, 11) is 4.02. The maximum absolute atomic E-state index is 5.35. The third-order valence-corrected chi connectivity index (χ3v) is 7.97. The van der Waals surface area contributed by atoms with E-state index in [9.17, 15) is 0 Å². The minimum Gasteiger partial charge on any atom is -0.385 e. The summed E-state index contributed by atoms with van der Waals surface area (Å²) >= 11 is 3.82. The van der Waals surface area contributed by atoms with Crippen LogP contribution in [0.3, 0.4) is 0 Å². The molecule has 28 heavy (non-hydrogen) atoms. The first-order valence-corrected chi connectivity index (χ1v) is 11.8. The molecule has 4 rings (SSSR count). The molecule has 0 radical (unpaired) electrons. The number of amidine groups is 1. The van der Waals surface area contributed by atoms with Crippen LogP contribution in [0.2, 0.25) is 0 Å². The molecule has 2 aliphatic rings. The molecule has 0 amide bonds. The Balaban J connectivity index is 1.70. The first kappa shape index (κ1) is 20.0. The summed E-state index contributed by atoms with van der Waals surface area (Å²) in [6.07, 6.45) is 3.38. The molecule has 4 nitrogen and oxygen atoms in total. The van der Waals surface area contributed by atoms with Crippen LogP contribution in [0, 0.1) is 0 Å². The van der Waals surface area contributed by atoms with Gasteiger partial charge in [0.15, 0.2) is 0 Å². The predicted molar refractivity (Wildman–Crippen MR) is 120 cm³/mol. The molecular weight excluding hydrogens is 386 g/mol. The van der Waals surface area contributed by atoms with Gasteiger partial charge in [0.05, 0.1) is 9.90 Å². The highest BCUT2D eigenvalue weighted by molar-refractivity contribution is 8.01. The second kappa shape index (κ2) is 8.99. The van der Waals surface area contributed by atoms with Crippen LogP contribution in [0.5, 0.6) is 0 Å². The summed E-state index contributed by atoms with van der Waals surface area (Å²) in [5.74, 6) is 1.15. The molecule has 0 saturated carbocycles. The Hall–Kier alpha value is -1.34. The number of para-hydroxylation sites is 1. The molecule has 6 heteroatoms. The predicted octanol–water partition coefficient (Wildman–Crippen LogP) is 4.90. The Morgan fingerprint density at radius 1 is 1.25 bits per heavy atom. The van der Waals surface area contributed by atoms with Gasteiger partial charge in [-0.2, -0.15) is 0 Å². The first-order chi connectivity index (χ1) is 13.7. The standard InChI is InChI=1S/C22H29N3OS2/c1-4-7-17-14-18-21(25-12-11-24(2)16(15-25)10-13-26-3)23-19-8-5-6-9-20(19)28-22(18)27-17/h5-6,8-9,14,16H,4,7,10-13,15H2,1-3H3. The fraction of sp³-hybridized carbons (Fsp3) is 0.500. The molecule has 1 saturated heterocycles. The number of thiophene rings is 1. The van der Waals surface area contributed by atoms with E-state index in [0.29, 0.717) is 6.04 Å². The number of benzene rings is 1. The zero-order valence-electron chi connectivity index (χ0n) is 17.0. The quantitative estimate of drug-likeness (QED) is 0.695. The van der Waals surface area contributed by atoms with Crippen LogP contribution in [0.25, 0.3) is 0 Å². The smallest absolute Gasteiger partial charge is 0.138 e. The molecule has 1 atom stereocenters. The second-order valence-corrected chi connectivity index (χ2v) is 9.98. The van der Waals surface area contributed by atoms with Crippen LogP contribution in [0.4, 0.5) is 5.69 Å². The third kappa shape index (κ3) is 4.15. The lowest BCUT2D eigenvalue weighted by molar-refractivity contribution is 0.100. The van der Waals surface area contributed by atoms with Crippen molar-refractivity contribution in [2.45, 2.75) is 41.3 Å². The van der Waals surface area contributed by atoms with Gasteiger partial charge in [0.25, 0.3) is 0 Å². The largest absolute Gasteiger partial charge is 0.385 e. The zero-order valence-corrected chi connectivity index (χ0v) is 18.6. The van der Waals surface area contributed by atoms with Crippen molar-refractivity contribution in [3.63, 3.8) is 0 Å². The zero-order chi connectivity index (χ0) is 19.5. The van der Waals surface area contributed by atoms with Gasteiger partial charge in [-0.1, -0.05) is 37.2 Å². The number of aliphatic imine (C=N–C) groups is 1. The SMILES string of the molecule is CCCc1cc2c(s1)Sc1ccccc1N=C2N1CCN(C)C(CCOC)C1. The van der Waals surface area contributed by atoms with Gasteiger partial charge in [-0.3, -0.25) is 4.90 Å². The van der Waals surface area contributed by atoms with Gasteiger partial charge in [-0.05, 0) is 38.1 Å². The molecular formula is C22H29N3OS2. The molecule has 0 N–H and O–H groups in total. The van der Waals surface area contributed by atoms with Crippen molar-refractivity contribution in [1.29, 1.82) is 0 Å². The Kier molecular flexibility index (Phi) is 6.41. The number of ether oxygens (including phenoxy) is 1. The number of hydrogen-bond acceptors (Lipinski definition) is 6. The van der Waals surface area contributed by atoms with Crippen LogP contribution < -0.4 is 0 Å². The lowest BCUT2D eigenvalue weighted by atomic mass is 10.1. The van der Waals surface area contributed by atoms with Crippen molar-refractivity contribution in [2.24, 2.45) is 4.99 Å². The summed E-state index contributed by atoms with van der Waals surface area (Å²) in [6, 6.07) is 11.4. The molecule has 2 aromatic rings. The fourth-order valence-corrected chi connectivity index (χ4v) is 6.44. The molecule has 0 bridgehead atoms. The van der Waals surface area contributed by atoms with Gasteiger partial charge in [-0.25, -0.2) is 4.99 Å². The Morgan fingerprint density at radius 3 is 2.93 bits per heavy atom. The summed E-state index contributed by atoms with van der Waals surface area (Å²) < 4.78 is 6.74. The molecule has 1 unspecified atom stereocenters. The first-order valence-electron chi connectivity index (χ1n) is 10.1. The van der Waals surface area contributed by atoms with E-state index in [0.717, 1.165) is 50.6 Å². The molecule has 1 aromatic carbocycles. The highest BCUT2D eigenvalue weighted by Crippen LogP contribution is 2.44. The third-order valence-electron chi connectivity index (χ3n) is 5.51. The Morgan fingerprint density at radius 2 is 2.11 bits per heavy atom. The average molecular weight is 416 g/mol. The lowest BCUT2D eigenvalue weighted by Crippen LogP contribution is -2.53. The van der Waals surface area contributed by atoms with E-state index in [4.69, 9.17) is 9.73 Å². The fourth-order valence-electron chi connectivity index (χ4n) is 3.88. The number of methoxy groups -OCH3 is 1. The summed E-state index contributed by atoms with van der Waals surface area (Å²) in [6.45, 7) is 6.14. The second-order valence-electron chi connectivity index (χ2n) is 7.53. The van der Waals surface area contributed by atoms with Crippen LogP contribution in [-0.4, -0.2) is 62.1 Å². The molecule has 3 heterocycles. The minimum absolute atomic E-state index is 0.500. The number of nitrogens with zero attached hydrogens (tertiary/aromatic N) is 3. The summed E-state index contributed by atoms with van der Waals surface area (Å²) in [5.41, 5.74) is 2.42. The van der Waals surface area contributed by atoms with Crippen LogP contribution in [0.15, 0.2) is 44.4 Å². The van der Waals surface area contributed by atoms with Crippen molar-refractivity contribution in [3.05, 3.63) is 40.8 Å². The van der Waals surface area contributed by atoms with Gasteiger partial charge < -0.3 is 9.64 Å². The van der Waals surface area contributed by atoms with E-state index < -0.39 is 0 Å². The van der Waals surface area contributed by atoms with Crippen molar-refractivity contribution in [2.75, 3.05) is 40.4 Å². The van der Waals surface area contributed by atoms with Crippen molar-refractivity contribution in [3.8, 4) is 0 Å². The number of piperazine rings is 1. The van der Waals surface area contributed by atoms with Gasteiger partial charge >= 0.3 is 0 Å². The maximum atomic E-state index is 5.35. The highest BCUT2D eigenvalue weighted by atomic mass is 32.2. The van der Waals surface area contributed by atoms with Crippen molar-refractivity contribution >= 4 is 34.6 Å². The Bertz CT molecular complexity index is 848. The monoisotopic (exact) mass is 415 g/mol. The number of likely N-dealkylation sites (N-methyl/N-ethyl adjacent to an activating group) is 1. The summed E-state index contributed by atoms with van der Waals surface area (Å²) in [4.78, 5) is 12.9. The van der Waals surface area contributed by atoms with E-state index in [1.54, 1.807) is 7.11 Å². The van der Waals surface area contributed by atoms with E-state index >= 15 is 0 Å². The molecule has 1 aromatic heterocycles. The van der Waals surface area contributed by atoms with Crippen molar-refractivity contribution < 1.29 is 4.74 Å². The highest BCUT2D eigenvalue weighted by Gasteiger charge is 2.30. The number of fused-ring (bicyclic) bond motifs is 2. The topological polar surface area (TPSA) is 28.1 Å². The molecule has 2 aliphatic heterocycles. The Labute approximate surface area is 176 Å². The lowest BCUT2D eigenvalue weighted by Gasteiger charge is -2.41. The molecule has 150 valence electrons. The van der Waals surface area contributed by atoms with E-state index in [2.05, 4.69) is 54.1 Å². The van der Waals surface area contributed by atoms with Gasteiger partial charge in [0.1, 0.15) is 5.84 Å². The van der Waals surface area contributed by atoms with Crippen LogP contribution in [-0.2, 0) is 11.2 Å². The molecule has 0 spiro atoms. The minimum atomic E-state index is 0.500. The van der Waals surface area contributed by atoms with E-state index in [-0.39, 0.29) is 0 Å². The van der Waals surface area contributed by atoms with E-state index in [1.165, 1.54) is 26.0 Å². The molecule has 1 fully saturated rings. The molecule has 0 aliphatic carbocycles. The number of rotatable bonds is 5. The number of hydrogen-bond donors (Lipinski definition) is 0. The van der Waals surface area contributed by atoms with Crippen molar-refractivity contribution in [1.82, 2.24) is 9.80 Å². The van der Waals surface area contributed by atoms with E-state index in [1.807, 2.05) is 23.1 Å². The van der Waals surface area contributed by atoms with Crippen LogP contribution in [0.1, 0.15) is 30.2 Å². The maximum Gasteiger partial charge on any atom is 0.138 e. The number of aryl methyl sites for hydroxylation is 1. The average Bonchev–Trinajstić information content (AvgIpc) is 3.02. The van der Waals surface area contributed by atoms with Gasteiger partial charge in [0.2, 0.25) is 0 Å². The normalized spacial score (nSPS) is 19.8.